The molecule has 2 bridgehead atoms. The third-order valence-corrected chi connectivity index (χ3v) is 4.79. The molecular weight excluding hydrogens is 253 g/mol. The third kappa shape index (κ3) is 2.38. The van der Waals surface area contributed by atoms with Crippen LogP contribution in [0.4, 0.5) is 13.2 Å². The van der Waals surface area contributed by atoms with Crippen LogP contribution in [0.2, 0.25) is 0 Å². The molecule has 0 heterocycles. The number of hydrogen-bond donors (Lipinski definition) is 1. The second-order valence-corrected chi connectivity index (χ2v) is 5.97. The average Bonchev–Trinajstić information content (AvgIpc) is 2.89. The van der Waals surface area contributed by atoms with Gasteiger partial charge in [0.2, 0.25) is 0 Å². The Hall–Kier alpha value is -1.03. The molecule has 104 valence electrons. The number of benzene rings is 1. The fourth-order valence-electron chi connectivity index (χ4n) is 3.94. The van der Waals surface area contributed by atoms with Crippen LogP contribution in [0.5, 0.6) is 0 Å². The minimum absolute atomic E-state index is 0.345. The predicted molar refractivity (Wildman–Crippen MR) is 64.8 cm³/mol. The van der Waals surface area contributed by atoms with Crippen LogP contribution in [0, 0.1) is 35.2 Å². The molecule has 2 aliphatic rings. The normalized spacial score (nSPS) is 30.8. The van der Waals surface area contributed by atoms with E-state index in [1.54, 1.807) is 0 Å². The highest BCUT2D eigenvalue weighted by Crippen LogP contribution is 2.51. The van der Waals surface area contributed by atoms with E-state index in [0.717, 1.165) is 18.8 Å². The summed E-state index contributed by atoms with van der Waals surface area (Å²) in [5.41, 5.74) is -0.385. The minimum Gasteiger partial charge on any atom is -0.388 e. The van der Waals surface area contributed by atoms with Crippen molar-refractivity contribution >= 4 is 0 Å². The molecule has 2 fully saturated rings. The fourth-order valence-corrected chi connectivity index (χ4v) is 3.94. The zero-order valence-electron chi connectivity index (χ0n) is 10.6. The molecule has 0 spiro atoms. The molecule has 1 nitrogen and oxygen atoms in total. The van der Waals surface area contributed by atoms with E-state index in [9.17, 15) is 18.3 Å². The van der Waals surface area contributed by atoms with Crippen molar-refractivity contribution in [3.8, 4) is 0 Å². The number of halogens is 3. The molecule has 3 rings (SSSR count). The van der Waals surface area contributed by atoms with Gasteiger partial charge < -0.3 is 5.11 Å². The molecule has 2 aliphatic carbocycles. The lowest BCUT2D eigenvalue weighted by Gasteiger charge is -2.24. The predicted octanol–water partition coefficient (Wildman–Crippen LogP) is 3.96. The summed E-state index contributed by atoms with van der Waals surface area (Å²) in [7, 11) is 0. The van der Waals surface area contributed by atoms with Gasteiger partial charge in [-0.05, 0) is 43.4 Å². The molecule has 1 N–H and O–H groups in total. The van der Waals surface area contributed by atoms with Gasteiger partial charge >= 0.3 is 0 Å². The van der Waals surface area contributed by atoms with Gasteiger partial charge in [0.25, 0.3) is 0 Å². The lowest BCUT2D eigenvalue weighted by molar-refractivity contribution is 0.118. The van der Waals surface area contributed by atoms with Crippen LogP contribution in [0.3, 0.4) is 0 Å². The summed E-state index contributed by atoms with van der Waals surface area (Å²) < 4.78 is 40.0. The summed E-state index contributed by atoms with van der Waals surface area (Å²) in [6.07, 6.45) is 3.84. The van der Waals surface area contributed by atoms with E-state index < -0.39 is 23.6 Å². The zero-order valence-corrected chi connectivity index (χ0v) is 10.6. The highest BCUT2D eigenvalue weighted by Gasteiger charge is 2.40. The smallest absolute Gasteiger partial charge is 0.134 e. The van der Waals surface area contributed by atoms with Crippen LogP contribution in [0.25, 0.3) is 0 Å². The minimum atomic E-state index is -1.18. The molecule has 4 atom stereocenters. The van der Waals surface area contributed by atoms with Crippen molar-refractivity contribution in [2.45, 2.75) is 38.2 Å². The molecule has 1 aromatic carbocycles. The van der Waals surface area contributed by atoms with Gasteiger partial charge in [-0.2, -0.15) is 0 Å². The lowest BCUT2D eigenvalue weighted by Crippen LogP contribution is -2.16. The first-order valence-electron chi connectivity index (χ1n) is 6.87. The van der Waals surface area contributed by atoms with Gasteiger partial charge in [0.05, 0.1) is 11.7 Å². The van der Waals surface area contributed by atoms with Crippen molar-refractivity contribution in [2.75, 3.05) is 0 Å². The van der Waals surface area contributed by atoms with E-state index in [1.807, 2.05) is 0 Å². The van der Waals surface area contributed by atoms with Crippen molar-refractivity contribution in [3.63, 3.8) is 0 Å². The van der Waals surface area contributed by atoms with Crippen LogP contribution < -0.4 is 0 Å². The first-order valence-corrected chi connectivity index (χ1v) is 6.87. The van der Waals surface area contributed by atoms with Gasteiger partial charge in [0.1, 0.15) is 17.5 Å². The summed E-state index contributed by atoms with van der Waals surface area (Å²) >= 11 is 0. The van der Waals surface area contributed by atoms with Gasteiger partial charge in [0.15, 0.2) is 0 Å². The Bertz CT molecular complexity index is 465. The third-order valence-electron chi connectivity index (χ3n) is 4.79. The van der Waals surface area contributed by atoms with Gasteiger partial charge in [-0.25, -0.2) is 13.2 Å². The number of rotatable bonds is 3. The first-order chi connectivity index (χ1) is 9.04. The highest BCUT2D eigenvalue weighted by atomic mass is 19.1. The summed E-state index contributed by atoms with van der Waals surface area (Å²) in [6.45, 7) is 0. The number of aliphatic hydroxyl groups excluding tert-OH is 1. The van der Waals surface area contributed by atoms with Crippen molar-refractivity contribution in [1.82, 2.24) is 0 Å². The quantitative estimate of drug-likeness (QED) is 0.881. The summed E-state index contributed by atoms with van der Waals surface area (Å²) in [5, 5.41) is 10.1. The van der Waals surface area contributed by atoms with Gasteiger partial charge in [-0.3, -0.25) is 0 Å². The Labute approximate surface area is 110 Å². The Morgan fingerprint density at radius 1 is 1.11 bits per heavy atom. The molecular formula is C15H17F3O. The summed E-state index contributed by atoms with van der Waals surface area (Å²) in [5.74, 6) is -1.28. The molecule has 0 aliphatic heterocycles. The van der Waals surface area contributed by atoms with Crippen LogP contribution in [0.1, 0.15) is 43.8 Å². The maximum absolute atomic E-state index is 13.6. The van der Waals surface area contributed by atoms with E-state index in [1.165, 1.54) is 12.8 Å². The number of aliphatic hydroxyl groups is 1. The van der Waals surface area contributed by atoms with E-state index >= 15 is 0 Å². The van der Waals surface area contributed by atoms with Crippen LogP contribution in [-0.2, 0) is 0 Å². The van der Waals surface area contributed by atoms with Gasteiger partial charge in [-0.1, -0.05) is 6.42 Å². The van der Waals surface area contributed by atoms with Crippen molar-refractivity contribution < 1.29 is 18.3 Å². The second kappa shape index (κ2) is 4.82. The topological polar surface area (TPSA) is 20.2 Å². The SMILES string of the molecule is OC(CC1CC2CCC1C2)c1c(F)cc(F)cc1F. The molecule has 0 radical (unpaired) electrons. The molecule has 0 saturated heterocycles. The molecule has 4 unspecified atom stereocenters. The molecule has 0 aromatic heterocycles. The van der Waals surface area contributed by atoms with Crippen molar-refractivity contribution in [2.24, 2.45) is 17.8 Å². The monoisotopic (exact) mass is 270 g/mol. The second-order valence-electron chi connectivity index (χ2n) is 5.97. The highest BCUT2D eigenvalue weighted by molar-refractivity contribution is 5.23. The average molecular weight is 270 g/mol. The maximum atomic E-state index is 13.6. The lowest BCUT2D eigenvalue weighted by atomic mass is 9.83. The van der Waals surface area contributed by atoms with Crippen LogP contribution in [0.15, 0.2) is 12.1 Å². The Kier molecular flexibility index (Phi) is 3.29. The van der Waals surface area contributed by atoms with E-state index in [4.69, 9.17) is 0 Å². The number of hydrogen-bond acceptors (Lipinski definition) is 1. The van der Waals surface area contributed by atoms with Gasteiger partial charge in [0, 0.05) is 12.1 Å². The Morgan fingerprint density at radius 2 is 1.79 bits per heavy atom. The van der Waals surface area contributed by atoms with E-state index in [-0.39, 0.29) is 5.56 Å². The Balaban J connectivity index is 1.75. The Morgan fingerprint density at radius 3 is 2.32 bits per heavy atom. The first kappa shape index (κ1) is 13.0. The summed E-state index contributed by atoms with van der Waals surface area (Å²) in [6, 6.07) is 1.25. The molecule has 2 saturated carbocycles. The van der Waals surface area contributed by atoms with E-state index in [0.29, 0.717) is 30.4 Å². The fraction of sp³-hybridized carbons (Fsp3) is 0.600. The summed E-state index contributed by atoms with van der Waals surface area (Å²) in [4.78, 5) is 0. The van der Waals surface area contributed by atoms with Gasteiger partial charge in [-0.15, -0.1) is 0 Å². The van der Waals surface area contributed by atoms with Crippen LogP contribution >= 0.6 is 0 Å². The van der Waals surface area contributed by atoms with Crippen LogP contribution in [-0.4, -0.2) is 5.11 Å². The molecule has 0 amide bonds. The standard InChI is InChI=1S/C15H17F3O/c16-11-6-12(17)15(13(18)7-11)14(19)5-10-4-8-1-2-9(10)3-8/h6-10,14,19H,1-5H2. The molecule has 1 aromatic rings. The van der Waals surface area contributed by atoms with Crippen molar-refractivity contribution in [1.29, 1.82) is 0 Å². The zero-order chi connectivity index (χ0) is 13.6. The molecule has 19 heavy (non-hydrogen) atoms. The maximum Gasteiger partial charge on any atom is 0.134 e. The number of fused-ring (bicyclic) bond motifs is 2. The van der Waals surface area contributed by atoms with Crippen molar-refractivity contribution in [3.05, 3.63) is 35.1 Å². The van der Waals surface area contributed by atoms with E-state index in [2.05, 4.69) is 0 Å². The largest absolute Gasteiger partial charge is 0.388 e. The molecule has 4 heteroatoms.